The van der Waals surface area contributed by atoms with E-state index < -0.39 is 26.5 Å². The van der Waals surface area contributed by atoms with E-state index >= 15 is 0 Å². The number of hydrogen-bond acceptors (Lipinski definition) is 5. The van der Waals surface area contributed by atoms with Gasteiger partial charge in [0.1, 0.15) is 0 Å². The highest BCUT2D eigenvalue weighted by molar-refractivity contribution is 7.99. The summed E-state index contributed by atoms with van der Waals surface area (Å²) in [5.41, 5.74) is -0.730. The molecule has 2 rings (SSSR count). The molecule has 6 nitrogen and oxygen atoms in total. The summed E-state index contributed by atoms with van der Waals surface area (Å²) in [5, 5.41) is 10.5. The number of hydrogen-bond donors (Lipinski definition) is 0. The van der Waals surface area contributed by atoms with Crippen LogP contribution in [0.2, 0.25) is 0 Å². The highest BCUT2D eigenvalue weighted by Crippen LogP contribution is 2.27. The maximum absolute atomic E-state index is 13.6. The average molecular weight is 320 g/mol. The standard InChI is InChI=1S/C11H13FN2O4S2/c1-8-7-19-5-4-13(8)20(17,18)9-2-3-11(14(15)16)10(12)6-9/h2-3,6,8H,4-5,7H2,1H3. The second-order valence-corrected chi connectivity index (χ2v) is 7.45. The molecule has 1 aliphatic heterocycles. The molecule has 0 aliphatic carbocycles. The van der Waals surface area contributed by atoms with E-state index in [1.165, 1.54) is 4.31 Å². The summed E-state index contributed by atoms with van der Waals surface area (Å²) in [6.07, 6.45) is 0. The highest BCUT2D eigenvalue weighted by Gasteiger charge is 2.32. The number of nitro groups is 1. The summed E-state index contributed by atoms with van der Waals surface area (Å²) in [5.74, 6) is 0.211. The molecule has 1 aliphatic rings. The molecule has 9 heteroatoms. The van der Waals surface area contributed by atoms with Crippen molar-refractivity contribution < 1.29 is 17.7 Å². The Labute approximate surface area is 120 Å². The van der Waals surface area contributed by atoms with Gasteiger partial charge in [0, 0.05) is 36.2 Å². The first-order valence-corrected chi connectivity index (χ1v) is 8.47. The Bertz CT molecular complexity index is 635. The van der Waals surface area contributed by atoms with Crippen molar-refractivity contribution in [1.29, 1.82) is 0 Å². The molecule has 1 fully saturated rings. The fourth-order valence-corrected chi connectivity index (χ4v) is 4.87. The highest BCUT2D eigenvalue weighted by atomic mass is 32.2. The first kappa shape index (κ1) is 15.2. The lowest BCUT2D eigenvalue weighted by Crippen LogP contribution is -2.44. The molecule has 20 heavy (non-hydrogen) atoms. The van der Waals surface area contributed by atoms with Gasteiger partial charge in [-0.3, -0.25) is 10.1 Å². The van der Waals surface area contributed by atoms with Gasteiger partial charge >= 0.3 is 5.69 Å². The van der Waals surface area contributed by atoms with E-state index in [4.69, 9.17) is 0 Å². The smallest absolute Gasteiger partial charge is 0.258 e. The maximum atomic E-state index is 13.6. The van der Waals surface area contributed by atoms with Gasteiger partial charge in [0.05, 0.1) is 9.82 Å². The van der Waals surface area contributed by atoms with Crippen LogP contribution in [-0.4, -0.2) is 41.7 Å². The van der Waals surface area contributed by atoms with Crippen LogP contribution in [0.3, 0.4) is 0 Å². The van der Waals surface area contributed by atoms with E-state index in [1.54, 1.807) is 18.7 Å². The third kappa shape index (κ3) is 2.79. The molecule has 0 radical (unpaired) electrons. The minimum Gasteiger partial charge on any atom is -0.258 e. The van der Waals surface area contributed by atoms with Gasteiger partial charge in [0.25, 0.3) is 0 Å². The van der Waals surface area contributed by atoms with Crippen molar-refractivity contribution in [2.24, 2.45) is 0 Å². The van der Waals surface area contributed by atoms with Crippen molar-refractivity contribution in [3.63, 3.8) is 0 Å². The molecular formula is C11H13FN2O4S2. The molecule has 1 heterocycles. The van der Waals surface area contributed by atoms with Crippen molar-refractivity contribution >= 4 is 27.5 Å². The summed E-state index contributed by atoms with van der Waals surface area (Å²) in [6, 6.07) is 2.48. The molecule has 0 bridgehead atoms. The van der Waals surface area contributed by atoms with Gasteiger partial charge in [-0.2, -0.15) is 20.5 Å². The van der Waals surface area contributed by atoms with E-state index in [1.807, 2.05) is 0 Å². The van der Waals surface area contributed by atoms with Crippen LogP contribution in [0.25, 0.3) is 0 Å². The monoisotopic (exact) mass is 320 g/mol. The van der Waals surface area contributed by atoms with Crippen LogP contribution in [0.1, 0.15) is 6.92 Å². The van der Waals surface area contributed by atoms with Gasteiger partial charge in [-0.05, 0) is 13.0 Å². The summed E-state index contributed by atoms with van der Waals surface area (Å²) >= 11 is 1.66. The predicted octanol–water partition coefficient (Wildman–Crippen LogP) is 1.86. The van der Waals surface area contributed by atoms with Gasteiger partial charge in [0.2, 0.25) is 15.8 Å². The Morgan fingerprint density at radius 1 is 1.50 bits per heavy atom. The van der Waals surface area contributed by atoms with Crippen LogP contribution in [0.15, 0.2) is 23.1 Å². The van der Waals surface area contributed by atoms with E-state index in [9.17, 15) is 22.9 Å². The Hall–Kier alpha value is -1.19. The number of thioether (sulfide) groups is 1. The number of sulfonamides is 1. The number of halogens is 1. The van der Waals surface area contributed by atoms with Crippen molar-refractivity contribution in [3.8, 4) is 0 Å². The van der Waals surface area contributed by atoms with Crippen LogP contribution in [0, 0.1) is 15.9 Å². The molecule has 1 unspecified atom stereocenters. The number of nitrogens with zero attached hydrogens (tertiary/aromatic N) is 2. The SMILES string of the molecule is CC1CSCCN1S(=O)(=O)c1ccc([N+](=O)[O-])c(F)c1. The molecule has 1 aromatic rings. The summed E-state index contributed by atoms with van der Waals surface area (Å²) in [6.45, 7) is 2.14. The first-order chi connectivity index (χ1) is 9.34. The lowest BCUT2D eigenvalue weighted by atomic mass is 10.3. The van der Waals surface area contributed by atoms with E-state index in [2.05, 4.69) is 0 Å². The predicted molar refractivity (Wildman–Crippen MR) is 73.7 cm³/mol. The lowest BCUT2D eigenvalue weighted by Gasteiger charge is -2.31. The van der Waals surface area contributed by atoms with Gasteiger partial charge < -0.3 is 0 Å². The summed E-state index contributed by atoms with van der Waals surface area (Å²) in [4.78, 5) is 9.41. The minimum atomic E-state index is -3.82. The Balaban J connectivity index is 2.39. The molecule has 0 aromatic heterocycles. The molecule has 0 spiro atoms. The Morgan fingerprint density at radius 3 is 2.75 bits per heavy atom. The third-order valence-electron chi connectivity index (χ3n) is 3.03. The lowest BCUT2D eigenvalue weighted by molar-refractivity contribution is -0.387. The van der Waals surface area contributed by atoms with Crippen molar-refractivity contribution in [2.75, 3.05) is 18.1 Å². The summed E-state index contributed by atoms with van der Waals surface area (Å²) in [7, 11) is -3.82. The van der Waals surface area contributed by atoms with Crippen molar-refractivity contribution in [3.05, 3.63) is 34.1 Å². The van der Waals surface area contributed by atoms with Crippen LogP contribution >= 0.6 is 11.8 Å². The third-order valence-corrected chi connectivity index (χ3v) is 6.23. The molecule has 110 valence electrons. The van der Waals surface area contributed by atoms with Crippen LogP contribution in [0.5, 0.6) is 0 Å². The molecule has 1 aromatic carbocycles. The molecule has 1 atom stereocenters. The second kappa shape index (κ2) is 5.66. The summed E-state index contributed by atoms with van der Waals surface area (Å²) < 4.78 is 39.7. The molecule has 0 amide bonds. The maximum Gasteiger partial charge on any atom is 0.304 e. The van der Waals surface area contributed by atoms with Crippen LogP contribution < -0.4 is 0 Å². The Kier molecular flexibility index (Phi) is 4.31. The van der Waals surface area contributed by atoms with Gasteiger partial charge in [-0.25, -0.2) is 8.42 Å². The van der Waals surface area contributed by atoms with Crippen LogP contribution in [-0.2, 0) is 10.0 Å². The van der Waals surface area contributed by atoms with Crippen LogP contribution in [0.4, 0.5) is 10.1 Å². The number of benzene rings is 1. The average Bonchev–Trinajstić information content (AvgIpc) is 2.38. The molecule has 0 saturated carbocycles. The zero-order chi connectivity index (χ0) is 14.9. The topological polar surface area (TPSA) is 80.5 Å². The largest absolute Gasteiger partial charge is 0.304 e. The van der Waals surface area contributed by atoms with Gasteiger partial charge in [-0.15, -0.1) is 0 Å². The van der Waals surface area contributed by atoms with E-state index in [0.29, 0.717) is 24.1 Å². The first-order valence-electron chi connectivity index (χ1n) is 5.87. The van der Waals surface area contributed by atoms with Gasteiger partial charge in [-0.1, -0.05) is 0 Å². The fraction of sp³-hybridized carbons (Fsp3) is 0.455. The zero-order valence-electron chi connectivity index (χ0n) is 10.7. The van der Waals surface area contributed by atoms with E-state index in [-0.39, 0.29) is 10.9 Å². The number of rotatable bonds is 3. The van der Waals surface area contributed by atoms with Crippen molar-refractivity contribution in [2.45, 2.75) is 17.9 Å². The van der Waals surface area contributed by atoms with Gasteiger partial charge in [0.15, 0.2) is 0 Å². The fourth-order valence-electron chi connectivity index (χ4n) is 2.00. The van der Waals surface area contributed by atoms with Crippen molar-refractivity contribution in [1.82, 2.24) is 4.31 Å². The minimum absolute atomic E-state index is 0.183. The zero-order valence-corrected chi connectivity index (χ0v) is 12.3. The molecular weight excluding hydrogens is 307 g/mol. The second-order valence-electron chi connectivity index (χ2n) is 4.41. The molecule has 1 saturated heterocycles. The molecule has 0 N–H and O–H groups in total. The number of nitro benzene ring substituents is 1. The quantitative estimate of drug-likeness (QED) is 0.627. The Morgan fingerprint density at radius 2 is 2.20 bits per heavy atom. The van der Waals surface area contributed by atoms with E-state index in [0.717, 1.165) is 12.1 Å². The normalized spacial score (nSPS) is 20.8.